The highest BCUT2D eigenvalue weighted by atomic mass is 19.1. The molecule has 0 saturated heterocycles. The smallest absolute Gasteiger partial charge is 0.159 e. The summed E-state index contributed by atoms with van der Waals surface area (Å²) >= 11 is 0. The van der Waals surface area contributed by atoms with Crippen LogP contribution in [0, 0.1) is 5.82 Å². The largest absolute Gasteiger partial charge is 0.295 e. The first-order valence-corrected chi connectivity index (χ1v) is 8.35. The monoisotopic (exact) mass is 344 g/mol. The lowest BCUT2D eigenvalue weighted by atomic mass is 9.93. The molecule has 4 heteroatoms. The third-order valence-corrected chi connectivity index (χ3v) is 4.52. The predicted molar refractivity (Wildman–Crippen MR) is 102 cm³/mol. The average molecular weight is 344 g/mol. The maximum Gasteiger partial charge on any atom is 0.159 e. The maximum absolute atomic E-state index is 14.4. The normalized spacial score (nSPS) is 11.0. The Morgan fingerprint density at radius 3 is 2.50 bits per heavy atom. The fourth-order valence-corrected chi connectivity index (χ4v) is 3.23. The van der Waals surface area contributed by atoms with Crippen molar-refractivity contribution in [3.63, 3.8) is 0 Å². The number of ketones is 1. The second-order valence-electron chi connectivity index (χ2n) is 6.43. The molecule has 4 aromatic rings. The van der Waals surface area contributed by atoms with Gasteiger partial charge in [-0.3, -0.25) is 9.48 Å². The number of carbonyl (C=O) groups excluding carboxylic acids is 1. The number of aromatic nitrogens is 2. The van der Waals surface area contributed by atoms with Crippen molar-refractivity contribution in [2.45, 2.75) is 6.92 Å². The van der Waals surface area contributed by atoms with Gasteiger partial charge in [-0.25, -0.2) is 4.39 Å². The average Bonchev–Trinajstić information content (AvgIpc) is 3.06. The lowest BCUT2D eigenvalue weighted by molar-refractivity contribution is 0.101. The van der Waals surface area contributed by atoms with Gasteiger partial charge in [0, 0.05) is 24.4 Å². The number of Topliss-reactive ketones (excluding diaryl/α,β-unsaturated/α-hetero) is 1. The number of hydrogen-bond donors (Lipinski definition) is 0. The Hall–Kier alpha value is -3.27. The molecule has 0 aliphatic rings. The minimum absolute atomic E-state index is 0.0131. The van der Waals surface area contributed by atoms with E-state index in [9.17, 15) is 9.18 Å². The molecular formula is C22H17FN2O. The fraction of sp³-hybridized carbons (Fsp3) is 0.0909. The maximum atomic E-state index is 14.4. The first-order valence-electron chi connectivity index (χ1n) is 8.35. The molecule has 0 N–H and O–H groups in total. The van der Waals surface area contributed by atoms with Crippen LogP contribution < -0.4 is 0 Å². The van der Waals surface area contributed by atoms with Gasteiger partial charge in [-0.15, -0.1) is 0 Å². The van der Waals surface area contributed by atoms with Crippen molar-refractivity contribution in [2.75, 3.05) is 0 Å². The summed E-state index contributed by atoms with van der Waals surface area (Å²) in [6.45, 7) is 1.54. The zero-order chi connectivity index (χ0) is 18.3. The van der Waals surface area contributed by atoms with Gasteiger partial charge in [-0.05, 0) is 64.7 Å². The summed E-state index contributed by atoms with van der Waals surface area (Å²) in [4.78, 5) is 11.9. The molecule has 0 aliphatic heterocycles. The fourth-order valence-electron chi connectivity index (χ4n) is 3.23. The van der Waals surface area contributed by atoms with E-state index in [1.165, 1.54) is 12.1 Å². The first kappa shape index (κ1) is 16.2. The Morgan fingerprint density at radius 2 is 1.77 bits per heavy atom. The Kier molecular flexibility index (Phi) is 3.88. The van der Waals surface area contributed by atoms with E-state index >= 15 is 0 Å². The molecule has 0 unspecified atom stereocenters. The van der Waals surface area contributed by atoms with E-state index in [0.29, 0.717) is 5.56 Å². The van der Waals surface area contributed by atoms with E-state index < -0.39 is 0 Å². The number of benzene rings is 3. The summed E-state index contributed by atoms with van der Waals surface area (Å²) in [5.74, 6) is -0.334. The number of hydrogen-bond acceptors (Lipinski definition) is 2. The Bertz CT molecular complexity index is 1140. The lowest BCUT2D eigenvalue weighted by Gasteiger charge is -2.11. The Balaban J connectivity index is 1.98. The molecule has 1 aromatic heterocycles. The van der Waals surface area contributed by atoms with Crippen LogP contribution in [0.5, 0.6) is 0 Å². The third-order valence-electron chi connectivity index (χ3n) is 4.52. The number of aryl methyl sites for hydroxylation is 1. The molecule has 0 bridgehead atoms. The predicted octanol–water partition coefficient (Wildman–Crippen LogP) is 5.25. The van der Waals surface area contributed by atoms with Crippen LogP contribution in [0.3, 0.4) is 0 Å². The van der Waals surface area contributed by atoms with Crippen LogP contribution in [0.15, 0.2) is 67.0 Å². The highest BCUT2D eigenvalue weighted by Crippen LogP contribution is 2.33. The van der Waals surface area contributed by atoms with Gasteiger partial charge in [0.2, 0.25) is 0 Å². The van der Waals surface area contributed by atoms with Crippen molar-refractivity contribution in [2.24, 2.45) is 7.05 Å². The minimum atomic E-state index is -0.321. The molecule has 128 valence electrons. The standard InChI is InChI=1S/C22H17FN2O/c1-14(26)16-7-15-5-3-4-6-21(15)22(11-16)18-8-17(9-20(23)10-18)19-12-24-25(2)13-19/h3-13H,1-2H3. The van der Waals surface area contributed by atoms with Crippen LogP contribution in [0.25, 0.3) is 33.0 Å². The Labute approximate surface area is 150 Å². The van der Waals surface area contributed by atoms with Gasteiger partial charge < -0.3 is 0 Å². The lowest BCUT2D eigenvalue weighted by Crippen LogP contribution is -1.94. The van der Waals surface area contributed by atoms with Crippen LogP contribution in [0.1, 0.15) is 17.3 Å². The van der Waals surface area contributed by atoms with Crippen LogP contribution >= 0.6 is 0 Å². The van der Waals surface area contributed by atoms with E-state index in [-0.39, 0.29) is 11.6 Å². The van der Waals surface area contributed by atoms with Crippen molar-refractivity contribution < 1.29 is 9.18 Å². The number of fused-ring (bicyclic) bond motifs is 1. The summed E-state index contributed by atoms with van der Waals surface area (Å²) in [6.07, 6.45) is 3.56. The number of halogens is 1. The molecule has 0 atom stereocenters. The molecular weight excluding hydrogens is 327 g/mol. The summed E-state index contributed by atoms with van der Waals surface area (Å²) in [5, 5.41) is 6.11. The van der Waals surface area contributed by atoms with Crippen LogP contribution in [0.2, 0.25) is 0 Å². The molecule has 0 aliphatic carbocycles. The van der Waals surface area contributed by atoms with Crippen molar-refractivity contribution in [1.29, 1.82) is 0 Å². The molecule has 0 amide bonds. The summed E-state index contributed by atoms with van der Waals surface area (Å²) in [5.41, 5.74) is 3.80. The third kappa shape index (κ3) is 2.90. The Morgan fingerprint density at radius 1 is 1.00 bits per heavy atom. The van der Waals surface area contributed by atoms with Crippen molar-refractivity contribution in [1.82, 2.24) is 9.78 Å². The van der Waals surface area contributed by atoms with Crippen LogP contribution in [0.4, 0.5) is 4.39 Å². The van der Waals surface area contributed by atoms with Crippen LogP contribution in [-0.2, 0) is 7.05 Å². The quantitative estimate of drug-likeness (QED) is 0.476. The van der Waals surface area contributed by atoms with E-state index in [1.807, 2.05) is 55.7 Å². The van der Waals surface area contributed by atoms with Gasteiger partial charge in [0.05, 0.1) is 6.20 Å². The van der Waals surface area contributed by atoms with Crippen LogP contribution in [-0.4, -0.2) is 15.6 Å². The van der Waals surface area contributed by atoms with Crippen molar-refractivity contribution in [3.8, 4) is 22.3 Å². The van der Waals surface area contributed by atoms with E-state index in [4.69, 9.17) is 0 Å². The van der Waals surface area contributed by atoms with Gasteiger partial charge in [-0.2, -0.15) is 5.10 Å². The number of carbonyl (C=O) groups is 1. The highest BCUT2D eigenvalue weighted by Gasteiger charge is 2.12. The molecule has 26 heavy (non-hydrogen) atoms. The molecule has 0 spiro atoms. The van der Waals surface area contributed by atoms with Crippen molar-refractivity contribution in [3.05, 3.63) is 78.4 Å². The molecule has 3 nitrogen and oxygen atoms in total. The highest BCUT2D eigenvalue weighted by molar-refractivity contribution is 6.05. The van der Waals surface area contributed by atoms with Gasteiger partial charge in [0.1, 0.15) is 5.82 Å². The number of rotatable bonds is 3. The summed E-state index contributed by atoms with van der Waals surface area (Å²) in [7, 11) is 1.83. The van der Waals surface area contributed by atoms with Gasteiger partial charge >= 0.3 is 0 Å². The second-order valence-corrected chi connectivity index (χ2v) is 6.43. The summed E-state index contributed by atoms with van der Waals surface area (Å²) in [6, 6.07) is 16.5. The molecule has 0 fully saturated rings. The van der Waals surface area contributed by atoms with Gasteiger partial charge in [-0.1, -0.05) is 24.3 Å². The molecule has 3 aromatic carbocycles. The SMILES string of the molecule is CC(=O)c1cc(-c2cc(F)cc(-c3cnn(C)c3)c2)c2ccccc2c1. The molecule has 0 radical (unpaired) electrons. The minimum Gasteiger partial charge on any atom is -0.295 e. The molecule has 1 heterocycles. The number of nitrogens with zero attached hydrogens (tertiary/aromatic N) is 2. The van der Waals surface area contributed by atoms with E-state index in [2.05, 4.69) is 5.10 Å². The van der Waals surface area contributed by atoms with Gasteiger partial charge in [0.25, 0.3) is 0 Å². The van der Waals surface area contributed by atoms with E-state index in [0.717, 1.165) is 33.0 Å². The summed E-state index contributed by atoms with van der Waals surface area (Å²) < 4.78 is 16.1. The second kappa shape index (κ2) is 6.23. The topological polar surface area (TPSA) is 34.9 Å². The zero-order valence-corrected chi connectivity index (χ0v) is 14.5. The molecule has 0 saturated carbocycles. The van der Waals surface area contributed by atoms with E-state index in [1.54, 1.807) is 17.8 Å². The van der Waals surface area contributed by atoms with Gasteiger partial charge in [0.15, 0.2) is 5.78 Å². The zero-order valence-electron chi connectivity index (χ0n) is 14.5. The molecule has 4 rings (SSSR count). The first-order chi connectivity index (χ1) is 12.5. The van der Waals surface area contributed by atoms with Crippen molar-refractivity contribution >= 4 is 16.6 Å².